The van der Waals surface area contributed by atoms with E-state index in [1.165, 1.54) is 0 Å². The first kappa shape index (κ1) is 12.3. The minimum absolute atomic E-state index is 0.147. The van der Waals surface area contributed by atoms with Crippen molar-refractivity contribution in [3.63, 3.8) is 0 Å². The van der Waals surface area contributed by atoms with Crippen LogP contribution in [0.1, 0.15) is 16.9 Å². The fraction of sp³-hybridized carbons (Fsp3) is 0.250. The van der Waals surface area contributed by atoms with Gasteiger partial charge in [0.15, 0.2) is 0 Å². The van der Waals surface area contributed by atoms with E-state index < -0.39 is 0 Å². The van der Waals surface area contributed by atoms with Gasteiger partial charge in [0, 0.05) is 24.2 Å². The zero-order chi connectivity index (χ0) is 13.0. The number of aryl methyl sites for hydroxylation is 1. The molecular weight excluding hydrogens is 234 g/mol. The monoisotopic (exact) mass is 247 g/mol. The van der Waals surface area contributed by atoms with Crippen LogP contribution in [0.25, 0.3) is 0 Å². The summed E-state index contributed by atoms with van der Waals surface area (Å²) in [5, 5.41) is 17.5. The van der Waals surface area contributed by atoms with Crippen molar-refractivity contribution in [2.24, 2.45) is 0 Å². The van der Waals surface area contributed by atoms with Crippen LogP contribution in [0.4, 0.5) is 5.69 Å². The number of rotatable bonds is 5. The predicted octanol–water partition coefficient (Wildman–Crippen LogP) is 2.18. The highest BCUT2D eigenvalue weighted by molar-refractivity contribution is 5.42. The number of nitro benzene ring substituents is 1. The molecule has 0 fully saturated rings. The van der Waals surface area contributed by atoms with E-state index >= 15 is 0 Å². The molecule has 1 aromatic heterocycles. The van der Waals surface area contributed by atoms with Crippen LogP contribution in [-0.2, 0) is 13.1 Å². The standard InChI is InChI=1S/C12H13N3O3/c1-9-2-3-10(6-12(9)15(16)17)7-13-8-11-4-5-14-18-11/h2-6,13H,7-8H2,1H3. The lowest BCUT2D eigenvalue weighted by atomic mass is 10.1. The second-order valence-electron chi connectivity index (χ2n) is 3.96. The summed E-state index contributed by atoms with van der Waals surface area (Å²) < 4.78 is 4.93. The Morgan fingerprint density at radius 1 is 1.39 bits per heavy atom. The lowest BCUT2D eigenvalue weighted by Gasteiger charge is -2.04. The molecule has 18 heavy (non-hydrogen) atoms. The van der Waals surface area contributed by atoms with Gasteiger partial charge in [-0.25, -0.2) is 0 Å². The lowest BCUT2D eigenvalue weighted by Crippen LogP contribution is -2.12. The number of benzene rings is 1. The zero-order valence-electron chi connectivity index (χ0n) is 9.92. The van der Waals surface area contributed by atoms with Gasteiger partial charge in [0.2, 0.25) is 0 Å². The van der Waals surface area contributed by atoms with E-state index in [0.29, 0.717) is 18.7 Å². The van der Waals surface area contributed by atoms with Crippen LogP contribution in [0.3, 0.4) is 0 Å². The van der Waals surface area contributed by atoms with Crippen LogP contribution in [0, 0.1) is 17.0 Å². The Morgan fingerprint density at radius 2 is 2.22 bits per heavy atom. The maximum absolute atomic E-state index is 10.8. The van der Waals surface area contributed by atoms with Crippen LogP contribution in [-0.4, -0.2) is 10.1 Å². The Labute approximate surface area is 104 Å². The van der Waals surface area contributed by atoms with Crippen LogP contribution < -0.4 is 5.32 Å². The topological polar surface area (TPSA) is 81.2 Å². The molecule has 6 nitrogen and oxygen atoms in total. The normalized spacial score (nSPS) is 10.5. The third kappa shape index (κ3) is 2.92. The van der Waals surface area contributed by atoms with Crippen LogP contribution >= 0.6 is 0 Å². The lowest BCUT2D eigenvalue weighted by molar-refractivity contribution is -0.385. The molecule has 0 saturated heterocycles. The summed E-state index contributed by atoms with van der Waals surface area (Å²) in [5.74, 6) is 0.733. The molecule has 0 unspecified atom stereocenters. The van der Waals surface area contributed by atoms with E-state index in [1.54, 1.807) is 31.3 Å². The minimum atomic E-state index is -0.366. The highest BCUT2D eigenvalue weighted by Crippen LogP contribution is 2.19. The number of nitrogens with zero attached hydrogens (tertiary/aromatic N) is 2. The van der Waals surface area contributed by atoms with Crippen molar-refractivity contribution in [2.45, 2.75) is 20.0 Å². The van der Waals surface area contributed by atoms with E-state index in [-0.39, 0.29) is 10.6 Å². The molecule has 0 aliphatic heterocycles. The summed E-state index contributed by atoms with van der Waals surface area (Å²) >= 11 is 0. The molecule has 94 valence electrons. The summed E-state index contributed by atoms with van der Waals surface area (Å²) in [7, 11) is 0. The summed E-state index contributed by atoms with van der Waals surface area (Å²) in [6.07, 6.45) is 1.58. The summed E-state index contributed by atoms with van der Waals surface area (Å²) in [5.41, 5.74) is 1.68. The van der Waals surface area contributed by atoms with E-state index in [9.17, 15) is 10.1 Å². The van der Waals surface area contributed by atoms with Crippen LogP contribution in [0.2, 0.25) is 0 Å². The average molecular weight is 247 g/mol. The molecule has 6 heteroatoms. The smallest absolute Gasteiger partial charge is 0.272 e. The first-order valence-corrected chi connectivity index (χ1v) is 5.51. The Kier molecular flexibility index (Phi) is 3.69. The summed E-state index contributed by atoms with van der Waals surface area (Å²) in [4.78, 5) is 10.4. The molecule has 0 atom stereocenters. The Morgan fingerprint density at radius 3 is 2.89 bits per heavy atom. The van der Waals surface area contributed by atoms with E-state index in [0.717, 1.165) is 11.3 Å². The largest absolute Gasteiger partial charge is 0.360 e. The van der Waals surface area contributed by atoms with Crippen molar-refractivity contribution in [3.8, 4) is 0 Å². The number of hydrogen-bond donors (Lipinski definition) is 1. The Hall–Kier alpha value is -2.21. The molecule has 0 aliphatic rings. The molecule has 0 saturated carbocycles. The van der Waals surface area contributed by atoms with Gasteiger partial charge < -0.3 is 9.84 Å². The molecule has 1 heterocycles. The molecule has 0 bridgehead atoms. The molecule has 0 aliphatic carbocycles. The van der Waals surface area contributed by atoms with Crippen LogP contribution in [0.5, 0.6) is 0 Å². The highest BCUT2D eigenvalue weighted by atomic mass is 16.6. The maximum Gasteiger partial charge on any atom is 0.272 e. The second kappa shape index (κ2) is 5.42. The molecule has 1 aromatic carbocycles. The van der Waals surface area contributed by atoms with Gasteiger partial charge in [0.25, 0.3) is 5.69 Å². The number of nitro groups is 1. The average Bonchev–Trinajstić information content (AvgIpc) is 2.84. The molecule has 0 radical (unpaired) electrons. The van der Waals surface area contributed by atoms with Crippen molar-refractivity contribution in [1.29, 1.82) is 0 Å². The maximum atomic E-state index is 10.8. The van der Waals surface area contributed by atoms with Crippen molar-refractivity contribution in [1.82, 2.24) is 10.5 Å². The predicted molar refractivity (Wildman–Crippen MR) is 64.9 cm³/mol. The van der Waals surface area contributed by atoms with Gasteiger partial charge in [-0.05, 0) is 12.5 Å². The fourth-order valence-electron chi connectivity index (χ4n) is 1.62. The Balaban J connectivity index is 1.97. The van der Waals surface area contributed by atoms with Gasteiger partial charge >= 0.3 is 0 Å². The molecular formula is C12H13N3O3. The first-order valence-electron chi connectivity index (χ1n) is 5.51. The summed E-state index contributed by atoms with van der Waals surface area (Å²) in [6.45, 7) is 2.81. The van der Waals surface area contributed by atoms with Crippen LogP contribution in [0.15, 0.2) is 35.0 Å². The van der Waals surface area contributed by atoms with Crippen molar-refractivity contribution >= 4 is 5.69 Å². The number of hydrogen-bond acceptors (Lipinski definition) is 5. The third-order valence-corrected chi connectivity index (χ3v) is 2.59. The van der Waals surface area contributed by atoms with Gasteiger partial charge in [0.1, 0.15) is 5.76 Å². The molecule has 2 rings (SSSR count). The number of nitrogens with one attached hydrogen (secondary N) is 1. The first-order chi connectivity index (χ1) is 8.66. The molecule has 1 N–H and O–H groups in total. The van der Waals surface area contributed by atoms with E-state index in [4.69, 9.17) is 4.52 Å². The molecule has 0 amide bonds. The minimum Gasteiger partial charge on any atom is -0.360 e. The highest BCUT2D eigenvalue weighted by Gasteiger charge is 2.10. The van der Waals surface area contributed by atoms with Gasteiger partial charge in [-0.2, -0.15) is 0 Å². The van der Waals surface area contributed by atoms with Gasteiger partial charge in [-0.1, -0.05) is 17.3 Å². The van der Waals surface area contributed by atoms with E-state index in [2.05, 4.69) is 10.5 Å². The fourth-order valence-corrected chi connectivity index (χ4v) is 1.62. The van der Waals surface area contributed by atoms with E-state index in [1.807, 2.05) is 6.07 Å². The second-order valence-corrected chi connectivity index (χ2v) is 3.96. The quantitative estimate of drug-likeness (QED) is 0.647. The van der Waals surface area contributed by atoms with Gasteiger partial charge in [-0.15, -0.1) is 0 Å². The van der Waals surface area contributed by atoms with Crippen molar-refractivity contribution in [2.75, 3.05) is 0 Å². The summed E-state index contributed by atoms with van der Waals surface area (Å²) in [6, 6.07) is 6.98. The Bertz CT molecular complexity index is 538. The zero-order valence-corrected chi connectivity index (χ0v) is 9.92. The third-order valence-electron chi connectivity index (χ3n) is 2.59. The number of aromatic nitrogens is 1. The molecule has 2 aromatic rings. The van der Waals surface area contributed by atoms with Gasteiger partial charge in [0.05, 0.1) is 17.7 Å². The molecule has 0 spiro atoms. The van der Waals surface area contributed by atoms with Crippen molar-refractivity contribution < 1.29 is 9.45 Å². The van der Waals surface area contributed by atoms with Crippen molar-refractivity contribution in [3.05, 3.63) is 57.5 Å². The van der Waals surface area contributed by atoms with Gasteiger partial charge in [-0.3, -0.25) is 10.1 Å². The SMILES string of the molecule is Cc1ccc(CNCc2ccno2)cc1[N+](=O)[O-].